The lowest BCUT2D eigenvalue weighted by Gasteiger charge is -2.66. The van der Waals surface area contributed by atoms with Gasteiger partial charge in [-0.1, -0.05) is 37.3 Å². The number of rotatable bonds is 2. The Morgan fingerprint density at radius 3 is 2.53 bits per heavy atom. The predicted molar refractivity (Wildman–Crippen MR) is 76.9 cm³/mol. The lowest BCUT2D eigenvalue weighted by Crippen LogP contribution is -2.58. The molecular weight excluding hydrogens is 232 g/mol. The largest absolute Gasteiger partial charge is 0.396 e. The van der Waals surface area contributed by atoms with Crippen LogP contribution >= 0.6 is 0 Å². The number of hydrogen-bond acceptors (Lipinski definition) is 1. The number of aliphatic hydroxyl groups is 1. The minimum Gasteiger partial charge on any atom is -0.396 e. The minimum absolute atomic E-state index is 0.226. The first-order valence-electron chi connectivity index (χ1n) is 7.74. The molecule has 1 heteroatoms. The number of aliphatic hydroxyl groups excluding tert-OH is 1. The zero-order valence-electron chi connectivity index (χ0n) is 11.9. The highest BCUT2D eigenvalue weighted by Crippen LogP contribution is 2.69. The monoisotopic (exact) mass is 256 g/mol. The molecule has 0 heterocycles. The molecule has 0 aliphatic heterocycles. The van der Waals surface area contributed by atoms with Gasteiger partial charge >= 0.3 is 0 Å². The van der Waals surface area contributed by atoms with Crippen LogP contribution in [-0.2, 0) is 5.41 Å². The van der Waals surface area contributed by atoms with Crippen LogP contribution in [0.3, 0.4) is 0 Å². The number of benzene rings is 1. The van der Waals surface area contributed by atoms with Gasteiger partial charge in [-0.3, -0.25) is 0 Å². The van der Waals surface area contributed by atoms with Crippen LogP contribution in [0.2, 0.25) is 0 Å². The van der Waals surface area contributed by atoms with E-state index in [0.29, 0.717) is 17.4 Å². The predicted octanol–water partition coefficient (Wildman–Crippen LogP) is 3.91. The average molecular weight is 256 g/mol. The Hall–Kier alpha value is -0.820. The summed E-state index contributed by atoms with van der Waals surface area (Å²) in [6.45, 7) is 2.87. The van der Waals surface area contributed by atoms with E-state index in [2.05, 4.69) is 37.3 Å². The minimum atomic E-state index is 0.226. The van der Waals surface area contributed by atoms with Gasteiger partial charge < -0.3 is 5.11 Å². The molecule has 102 valence electrons. The molecule has 4 aliphatic rings. The molecule has 0 spiro atoms. The lowest BCUT2D eigenvalue weighted by molar-refractivity contribution is -0.136. The molecule has 0 saturated heterocycles. The van der Waals surface area contributed by atoms with Crippen LogP contribution in [0.15, 0.2) is 30.3 Å². The van der Waals surface area contributed by atoms with Crippen molar-refractivity contribution in [1.29, 1.82) is 0 Å². The summed E-state index contributed by atoms with van der Waals surface area (Å²) in [5.41, 5.74) is 2.59. The SMILES string of the molecule is CC12CC3CC(CO)(C1)CC(c1ccccc1)(C3)C2. The Morgan fingerprint density at radius 2 is 1.84 bits per heavy atom. The lowest BCUT2D eigenvalue weighted by atomic mass is 9.39. The van der Waals surface area contributed by atoms with Crippen molar-refractivity contribution < 1.29 is 5.11 Å². The van der Waals surface area contributed by atoms with Gasteiger partial charge in [0.1, 0.15) is 0 Å². The van der Waals surface area contributed by atoms with Gasteiger partial charge in [0.2, 0.25) is 0 Å². The van der Waals surface area contributed by atoms with E-state index in [4.69, 9.17) is 0 Å². The van der Waals surface area contributed by atoms with Crippen LogP contribution in [0.5, 0.6) is 0 Å². The third kappa shape index (κ3) is 1.64. The molecule has 1 nitrogen and oxygen atoms in total. The smallest absolute Gasteiger partial charge is 0.0488 e. The summed E-state index contributed by atoms with van der Waals surface area (Å²) in [5, 5.41) is 10.0. The van der Waals surface area contributed by atoms with Gasteiger partial charge in [0.05, 0.1) is 0 Å². The normalized spacial score (nSPS) is 47.6. The average Bonchev–Trinajstić information content (AvgIpc) is 2.37. The van der Waals surface area contributed by atoms with Gasteiger partial charge in [0.25, 0.3) is 0 Å². The van der Waals surface area contributed by atoms with Crippen LogP contribution in [0.25, 0.3) is 0 Å². The fourth-order valence-corrected chi connectivity index (χ4v) is 6.43. The highest BCUT2D eigenvalue weighted by atomic mass is 16.3. The van der Waals surface area contributed by atoms with E-state index in [1.54, 1.807) is 0 Å². The molecule has 4 bridgehead atoms. The van der Waals surface area contributed by atoms with Crippen LogP contribution in [0.1, 0.15) is 51.0 Å². The van der Waals surface area contributed by atoms with E-state index in [1.165, 1.54) is 44.1 Å². The van der Waals surface area contributed by atoms with Crippen LogP contribution < -0.4 is 0 Å². The van der Waals surface area contributed by atoms with Crippen LogP contribution in [-0.4, -0.2) is 11.7 Å². The topological polar surface area (TPSA) is 20.2 Å². The maximum Gasteiger partial charge on any atom is 0.0488 e. The Bertz CT molecular complexity index is 496. The second-order valence-electron chi connectivity index (χ2n) is 8.12. The summed E-state index contributed by atoms with van der Waals surface area (Å²) in [6.07, 6.45) is 7.82. The Balaban J connectivity index is 1.82. The molecule has 1 N–H and O–H groups in total. The van der Waals surface area contributed by atoms with Gasteiger partial charge in [0, 0.05) is 6.61 Å². The van der Waals surface area contributed by atoms with Gasteiger partial charge in [0.15, 0.2) is 0 Å². The zero-order chi connectivity index (χ0) is 13.1. The highest BCUT2D eigenvalue weighted by molar-refractivity contribution is 5.31. The van der Waals surface area contributed by atoms with E-state index in [1.807, 2.05) is 0 Å². The molecular formula is C18H24O. The first-order chi connectivity index (χ1) is 9.07. The third-order valence-electron chi connectivity index (χ3n) is 6.18. The molecule has 19 heavy (non-hydrogen) atoms. The second-order valence-corrected chi connectivity index (χ2v) is 8.12. The van der Waals surface area contributed by atoms with Crippen molar-refractivity contribution in [3.63, 3.8) is 0 Å². The molecule has 4 atom stereocenters. The summed E-state index contributed by atoms with van der Waals surface area (Å²) >= 11 is 0. The summed E-state index contributed by atoms with van der Waals surface area (Å²) < 4.78 is 0. The fraction of sp³-hybridized carbons (Fsp3) is 0.667. The van der Waals surface area contributed by atoms with Crippen molar-refractivity contribution in [3.8, 4) is 0 Å². The van der Waals surface area contributed by atoms with Crippen LogP contribution in [0.4, 0.5) is 0 Å². The maximum atomic E-state index is 10.0. The Kier molecular flexibility index (Phi) is 2.29. The molecule has 4 unspecified atom stereocenters. The first-order valence-corrected chi connectivity index (χ1v) is 7.74. The molecule has 1 aromatic rings. The molecule has 4 fully saturated rings. The van der Waals surface area contributed by atoms with E-state index in [-0.39, 0.29) is 5.41 Å². The Labute approximate surface area is 116 Å². The standard InChI is InChI=1S/C18H24O/c1-16-7-14-8-17(10-16,13-19)12-18(9-14,11-16)15-5-3-2-4-6-15/h2-6,14,19H,7-13H2,1H3. The molecule has 0 radical (unpaired) electrons. The van der Waals surface area contributed by atoms with E-state index >= 15 is 0 Å². The van der Waals surface area contributed by atoms with Crippen molar-refractivity contribution in [2.75, 3.05) is 6.61 Å². The summed E-state index contributed by atoms with van der Waals surface area (Å²) in [4.78, 5) is 0. The summed E-state index contributed by atoms with van der Waals surface area (Å²) in [6, 6.07) is 11.1. The van der Waals surface area contributed by atoms with Crippen molar-refractivity contribution in [3.05, 3.63) is 35.9 Å². The Morgan fingerprint density at radius 1 is 1.05 bits per heavy atom. The van der Waals surface area contributed by atoms with Crippen LogP contribution in [0, 0.1) is 16.7 Å². The molecule has 5 rings (SSSR count). The maximum absolute atomic E-state index is 10.0. The third-order valence-corrected chi connectivity index (χ3v) is 6.18. The quantitative estimate of drug-likeness (QED) is 0.850. The molecule has 0 amide bonds. The van der Waals surface area contributed by atoms with Crippen molar-refractivity contribution in [2.45, 2.75) is 50.9 Å². The van der Waals surface area contributed by atoms with E-state index < -0.39 is 0 Å². The van der Waals surface area contributed by atoms with Crippen molar-refractivity contribution in [1.82, 2.24) is 0 Å². The van der Waals surface area contributed by atoms with Crippen molar-refractivity contribution >= 4 is 0 Å². The number of hydrogen-bond donors (Lipinski definition) is 1. The van der Waals surface area contributed by atoms with Gasteiger partial charge in [-0.05, 0) is 66.3 Å². The van der Waals surface area contributed by atoms with Gasteiger partial charge in [-0.2, -0.15) is 0 Å². The molecule has 0 aromatic heterocycles. The molecule has 4 saturated carbocycles. The summed E-state index contributed by atoms with van der Waals surface area (Å²) in [5.74, 6) is 0.841. The molecule has 4 aliphatic carbocycles. The van der Waals surface area contributed by atoms with E-state index in [0.717, 1.165) is 5.92 Å². The van der Waals surface area contributed by atoms with Gasteiger partial charge in [-0.15, -0.1) is 0 Å². The summed E-state index contributed by atoms with van der Waals surface area (Å²) in [7, 11) is 0. The zero-order valence-corrected chi connectivity index (χ0v) is 11.9. The molecule has 1 aromatic carbocycles. The van der Waals surface area contributed by atoms with E-state index in [9.17, 15) is 5.11 Å². The van der Waals surface area contributed by atoms with Crippen molar-refractivity contribution in [2.24, 2.45) is 16.7 Å². The van der Waals surface area contributed by atoms with Gasteiger partial charge in [-0.25, -0.2) is 0 Å². The second kappa shape index (κ2) is 3.63. The first kappa shape index (κ1) is 12.0. The fourth-order valence-electron chi connectivity index (χ4n) is 6.43. The highest BCUT2D eigenvalue weighted by Gasteiger charge is 2.61.